The number of nitrogens with zero attached hydrogens (tertiary/aromatic N) is 2. The van der Waals surface area contributed by atoms with Gasteiger partial charge in [0.2, 0.25) is 5.95 Å². The lowest BCUT2D eigenvalue weighted by Gasteiger charge is -2.21. The lowest BCUT2D eigenvalue weighted by atomic mass is 10.0. The third-order valence-corrected chi connectivity index (χ3v) is 3.61. The minimum absolute atomic E-state index is 0.204. The zero-order valence-electron chi connectivity index (χ0n) is 12.8. The first-order valence-electron chi connectivity index (χ1n) is 7.02. The number of carbonyl (C=O) groups is 1. The third-order valence-electron chi connectivity index (χ3n) is 3.61. The van der Waals surface area contributed by atoms with Crippen molar-refractivity contribution < 1.29 is 4.79 Å². The molecule has 2 rings (SSSR count). The summed E-state index contributed by atoms with van der Waals surface area (Å²) in [6.45, 7) is 8.39. The van der Waals surface area contributed by atoms with E-state index in [1.54, 1.807) is 6.07 Å². The molecule has 1 unspecified atom stereocenters. The van der Waals surface area contributed by atoms with Gasteiger partial charge in [-0.1, -0.05) is 19.9 Å². The van der Waals surface area contributed by atoms with Crippen LogP contribution in [0.1, 0.15) is 36.7 Å². The Kier molecular flexibility index (Phi) is 4.57. The number of aromatic amines is 1. The largest absolute Gasteiger partial charge is 0.382 e. The number of benzene rings is 1. The summed E-state index contributed by atoms with van der Waals surface area (Å²) in [5, 5.41) is 12.4. The molecule has 0 saturated heterocycles. The first-order valence-corrected chi connectivity index (χ1v) is 7.02. The molecule has 6 heteroatoms. The number of amides is 1. The highest BCUT2D eigenvalue weighted by Crippen LogP contribution is 2.21. The van der Waals surface area contributed by atoms with Gasteiger partial charge in [-0.15, -0.1) is 0 Å². The van der Waals surface area contributed by atoms with Crippen molar-refractivity contribution in [2.75, 3.05) is 10.6 Å². The van der Waals surface area contributed by atoms with Crippen LogP contribution in [-0.4, -0.2) is 27.1 Å². The predicted molar refractivity (Wildman–Crippen MR) is 83.4 cm³/mol. The van der Waals surface area contributed by atoms with Gasteiger partial charge in [0.15, 0.2) is 0 Å². The van der Waals surface area contributed by atoms with Crippen LogP contribution in [0.2, 0.25) is 0 Å². The molecule has 6 nitrogen and oxygen atoms in total. The van der Waals surface area contributed by atoms with Crippen molar-refractivity contribution in [2.45, 2.75) is 33.7 Å². The van der Waals surface area contributed by atoms with Gasteiger partial charge >= 0.3 is 0 Å². The third kappa shape index (κ3) is 3.59. The molecule has 1 heterocycles. The van der Waals surface area contributed by atoms with E-state index < -0.39 is 0 Å². The normalized spacial score (nSPS) is 12.2. The van der Waals surface area contributed by atoms with Crippen molar-refractivity contribution in [1.29, 1.82) is 0 Å². The van der Waals surface area contributed by atoms with E-state index in [2.05, 4.69) is 46.6 Å². The molecule has 0 aliphatic heterocycles. The molecule has 1 atom stereocenters. The molecule has 1 aromatic carbocycles. The van der Waals surface area contributed by atoms with Gasteiger partial charge in [0.1, 0.15) is 6.33 Å². The molecule has 2 aromatic rings. The van der Waals surface area contributed by atoms with Crippen molar-refractivity contribution in [3.8, 4) is 0 Å². The average Bonchev–Trinajstić information content (AvgIpc) is 2.93. The van der Waals surface area contributed by atoms with Gasteiger partial charge in [0, 0.05) is 17.3 Å². The molecule has 0 aliphatic carbocycles. The summed E-state index contributed by atoms with van der Waals surface area (Å²) in [7, 11) is 0. The molecular weight excluding hydrogens is 266 g/mol. The van der Waals surface area contributed by atoms with Gasteiger partial charge in [0.05, 0.1) is 0 Å². The Morgan fingerprint density at radius 3 is 2.67 bits per heavy atom. The second-order valence-electron chi connectivity index (χ2n) is 5.44. The molecule has 0 saturated carbocycles. The fourth-order valence-corrected chi connectivity index (χ4v) is 1.89. The first kappa shape index (κ1) is 15.0. The smallest absolute Gasteiger partial charge is 0.258 e. The van der Waals surface area contributed by atoms with E-state index in [1.807, 2.05) is 19.1 Å². The van der Waals surface area contributed by atoms with E-state index in [4.69, 9.17) is 0 Å². The number of hydrogen-bond donors (Lipinski definition) is 3. The summed E-state index contributed by atoms with van der Waals surface area (Å²) < 4.78 is 0. The molecule has 0 aliphatic rings. The summed E-state index contributed by atoms with van der Waals surface area (Å²) >= 11 is 0. The maximum absolute atomic E-state index is 12.3. The molecule has 0 fully saturated rings. The summed E-state index contributed by atoms with van der Waals surface area (Å²) in [5.41, 5.74) is 2.51. The maximum Gasteiger partial charge on any atom is 0.258 e. The SMILES string of the molecule is Cc1c(NC(C)C(C)C)cccc1C(=O)Nc1ncn[nH]1. The molecule has 3 N–H and O–H groups in total. The standard InChI is InChI=1S/C15H21N5O/c1-9(2)11(4)18-13-7-5-6-12(10(13)3)14(21)19-15-16-8-17-20-15/h5-9,11,18H,1-4H3,(H2,16,17,19,20,21). The Hall–Kier alpha value is -2.37. The quantitative estimate of drug-likeness (QED) is 0.789. The highest BCUT2D eigenvalue weighted by Gasteiger charge is 2.14. The summed E-state index contributed by atoms with van der Waals surface area (Å²) in [4.78, 5) is 16.2. The number of hydrogen-bond acceptors (Lipinski definition) is 4. The minimum Gasteiger partial charge on any atom is -0.382 e. The monoisotopic (exact) mass is 287 g/mol. The van der Waals surface area contributed by atoms with Crippen LogP contribution in [0.5, 0.6) is 0 Å². The Bertz CT molecular complexity index is 607. The molecule has 0 radical (unpaired) electrons. The van der Waals surface area contributed by atoms with Crippen LogP contribution in [0, 0.1) is 12.8 Å². The molecule has 0 bridgehead atoms. The zero-order valence-corrected chi connectivity index (χ0v) is 12.8. The summed E-state index contributed by atoms with van der Waals surface area (Å²) in [6.07, 6.45) is 1.35. The second-order valence-corrected chi connectivity index (χ2v) is 5.44. The zero-order chi connectivity index (χ0) is 15.4. The van der Waals surface area contributed by atoms with Crippen LogP contribution in [0.3, 0.4) is 0 Å². The van der Waals surface area contributed by atoms with Gasteiger partial charge < -0.3 is 5.32 Å². The van der Waals surface area contributed by atoms with Crippen molar-refractivity contribution in [3.63, 3.8) is 0 Å². The van der Waals surface area contributed by atoms with Crippen molar-refractivity contribution >= 4 is 17.5 Å². The number of anilines is 2. The molecule has 21 heavy (non-hydrogen) atoms. The fraction of sp³-hybridized carbons (Fsp3) is 0.400. The maximum atomic E-state index is 12.3. The summed E-state index contributed by atoms with van der Waals surface area (Å²) in [6, 6.07) is 5.99. The van der Waals surface area contributed by atoms with Crippen LogP contribution in [0.4, 0.5) is 11.6 Å². The van der Waals surface area contributed by atoms with E-state index in [-0.39, 0.29) is 5.91 Å². The van der Waals surface area contributed by atoms with E-state index in [0.717, 1.165) is 11.3 Å². The lowest BCUT2D eigenvalue weighted by molar-refractivity contribution is 0.102. The lowest BCUT2D eigenvalue weighted by Crippen LogP contribution is -2.23. The van der Waals surface area contributed by atoms with Gasteiger partial charge in [-0.05, 0) is 37.5 Å². The van der Waals surface area contributed by atoms with Crippen LogP contribution in [0.25, 0.3) is 0 Å². The Morgan fingerprint density at radius 2 is 2.05 bits per heavy atom. The Labute approximate surface area is 124 Å². The van der Waals surface area contributed by atoms with E-state index in [0.29, 0.717) is 23.5 Å². The van der Waals surface area contributed by atoms with Gasteiger partial charge in [0.25, 0.3) is 5.91 Å². The average molecular weight is 287 g/mol. The minimum atomic E-state index is -0.204. The van der Waals surface area contributed by atoms with Crippen LogP contribution in [-0.2, 0) is 0 Å². The van der Waals surface area contributed by atoms with Crippen LogP contribution in [0.15, 0.2) is 24.5 Å². The number of nitrogens with one attached hydrogen (secondary N) is 3. The van der Waals surface area contributed by atoms with Crippen molar-refractivity contribution in [1.82, 2.24) is 15.2 Å². The van der Waals surface area contributed by atoms with Gasteiger partial charge in [-0.2, -0.15) is 10.1 Å². The first-order chi connectivity index (χ1) is 9.99. The van der Waals surface area contributed by atoms with Gasteiger partial charge in [-0.3, -0.25) is 10.1 Å². The van der Waals surface area contributed by atoms with E-state index in [1.165, 1.54) is 6.33 Å². The molecule has 1 amide bonds. The highest BCUT2D eigenvalue weighted by atomic mass is 16.1. The number of rotatable bonds is 5. The van der Waals surface area contributed by atoms with Gasteiger partial charge in [-0.25, -0.2) is 5.10 Å². The topological polar surface area (TPSA) is 82.7 Å². The number of carbonyl (C=O) groups excluding carboxylic acids is 1. The van der Waals surface area contributed by atoms with E-state index >= 15 is 0 Å². The van der Waals surface area contributed by atoms with Crippen LogP contribution >= 0.6 is 0 Å². The van der Waals surface area contributed by atoms with Crippen molar-refractivity contribution in [3.05, 3.63) is 35.7 Å². The Morgan fingerprint density at radius 1 is 1.29 bits per heavy atom. The number of H-pyrrole nitrogens is 1. The second kappa shape index (κ2) is 6.39. The Balaban J connectivity index is 2.19. The van der Waals surface area contributed by atoms with Crippen LogP contribution < -0.4 is 10.6 Å². The van der Waals surface area contributed by atoms with Crippen molar-refractivity contribution in [2.24, 2.45) is 5.92 Å². The molecule has 1 aromatic heterocycles. The number of aromatic nitrogens is 3. The molecular formula is C15H21N5O. The van der Waals surface area contributed by atoms with E-state index in [9.17, 15) is 4.79 Å². The highest BCUT2D eigenvalue weighted by molar-refractivity contribution is 6.05. The fourth-order valence-electron chi connectivity index (χ4n) is 1.89. The molecule has 0 spiro atoms. The summed E-state index contributed by atoms with van der Waals surface area (Å²) in [5.74, 6) is 0.648. The predicted octanol–water partition coefficient (Wildman–Crippen LogP) is 2.82. The molecule has 112 valence electrons.